The molecular formula is C20H26N2O2. The number of pyridine rings is 1. The molecule has 1 fully saturated rings. The first-order chi connectivity index (χ1) is 11.7. The first-order valence-electron chi connectivity index (χ1n) is 8.50. The molecule has 0 saturated carbocycles. The molecule has 1 aromatic heterocycles. The summed E-state index contributed by atoms with van der Waals surface area (Å²) in [6.07, 6.45) is 4.20. The van der Waals surface area contributed by atoms with Gasteiger partial charge >= 0.3 is 0 Å². The van der Waals surface area contributed by atoms with Crippen molar-refractivity contribution in [2.75, 3.05) is 27.3 Å². The minimum atomic E-state index is 0.186. The van der Waals surface area contributed by atoms with E-state index in [1.165, 1.54) is 18.4 Å². The van der Waals surface area contributed by atoms with E-state index in [1.807, 2.05) is 6.07 Å². The lowest BCUT2D eigenvalue weighted by molar-refractivity contribution is 0.146. The maximum atomic E-state index is 5.53. The minimum Gasteiger partial charge on any atom is -0.493 e. The van der Waals surface area contributed by atoms with Crippen LogP contribution in [0.5, 0.6) is 11.5 Å². The third kappa shape index (κ3) is 3.39. The molecule has 1 atom stereocenters. The molecule has 1 saturated heterocycles. The predicted octanol–water partition coefficient (Wildman–Crippen LogP) is 3.65. The van der Waals surface area contributed by atoms with Gasteiger partial charge in [-0.25, -0.2) is 0 Å². The lowest BCUT2D eigenvalue weighted by Crippen LogP contribution is -2.44. The second-order valence-electron chi connectivity index (χ2n) is 6.73. The summed E-state index contributed by atoms with van der Waals surface area (Å²) in [6, 6.07) is 12.7. The summed E-state index contributed by atoms with van der Waals surface area (Å²) < 4.78 is 10.9. The van der Waals surface area contributed by atoms with Crippen LogP contribution in [-0.2, 0) is 12.0 Å². The zero-order valence-electron chi connectivity index (χ0n) is 14.8. The number of ether oxygens (including phenoxy) is 2. The Balaban J connectivity index is 1.79. The summed E-state index contributed by atoms with van der Waals surface area (Å²) in [7, 11) is 3.34. The van der Waals surface area contributed by atoms with Crippen LogP contribution < -0.4 is 9.47 Å². The van der Waals surface area contributed by atoms with Gasteiger partial charge in [0.25, 0.3) is 0 Å². The molecule has 0 bridgehead atoms. The van der Waals surface area contributed by atoms with Crippen molar-refractivity contribution in [3.8, 4) is 11.5 Å². The molecular weight excluding hydrogens is 300 g/mol. The molecule has 128 valence electrons. The maximum Gasteiger partial charge on any atom is 0.183 e. The minimum absolute atomic E-state index is 0.186. The summed E-state index contributed by atoms with van der Waals surface area (Å²) in [5.41, 5.74) is 2.54. The number of nitrogens with zero attached hydrogens (tertiary/aromatic N) is 2. The van der Waals surface area contributed by atoms with Crippen LogP contribution in [0.15, 0.2) is 42.6 Å². The lowest BCUT2D eigenvalue weighted by Gasteiger charge is -2.41. The average molecular weight is 326 g/mol. The molecule has 4 heteroatoms. The number of rotatable bonds is 5. The number of likely N-dealkylation sites (tertiary alicyclic amines) is 1. The van der Waals surface area contributed by atoms with Gasteiger partial charge in [-0.05, 0) is 24.9 Å². The molecule has 24 heavy (non-hydrogen) atoms. The maximum absolute atomic E-state index is 5.53. The molecule has 0 amide bonds. The first-order valence-corrected chi connectivity index (χ1v) is 8.50. The zero-order valence-corrected chi connectivity index (χ0v) is 14.8. The van der Waals surface area contributed by atoms with E-state index in [-0.39, 0.29) is 5.41 Å². The topological polar surface area (TPSA) is 34.6 Å². The summed E-state index contributed by atoms with van der Waals surface area (Å²) >= 11 is 0. The molecule has 1 aromatic carbocycles. The molecule has 0 spiro atoms. The Hall–Kier alpha value is -2.07. The van der Waals surface area contributed by atoms with Gasteiger partial charge in [0.15, 0.2) is 11.5 Å². The SMILES string of the molecule is COc1ccnc(CN2CCCC(C)(c3ccccc3)C2)c1OC. The number of hydrogen-bond donors (Lipinski definition) is 0. The molecule has 1 unspecified atom stereocenters. The van der Waals surface area contributed by atoms with Gasteiger partial charge in [0.1, 0.15) is 5.69 Å². The average Bonchev–Trinajstić information content (AvgIpc) is 2.62. The van der Waals surface area contributed by atoms with E-state index in [1.54, 1.807) is 20.4 Å². The number of methoxy groups -OCH3 is 2. The van der Waals surface area contributed by atoms with Crippen LogP contribution in [0.3, 0.4) is 0 Å². The Kier molecular flexibility index (Phi) is 5.05. The number of hydrogen-bond acceptors (Lipinski definition) is 4. The van der Waals surface area contributed by atoms with E-state index in [2.05, 4.69) is 47.1 Å². The van der Waals surface area contributed by atoms with Crippen molar-refractivity contribution >= 4 is 0 Å². The second-order valence-corrected chi connectivity index (χ2v) is 6.73. The van der Waals surface area contributed by atoms with Gasteiger partial charge in [0.05, 0.1) is 14.2 Å². The Bertz CT molecular complexity index is 675. The van der Waals surface area contributed by atoms with E-state index in [4.69, 9.17) is 9.47 Å². The van der Waals surface area contributed by atoms with E-state index < -0.39 is 0 Å². The Morgan fingerprint density at radius 1 is 1.12 bits per heavy atom. The van der Waals surface area contributed by atoms with Crippen molar-refractivity contribution in [1.29, 1.82) is 0 Å². The van der Waals surface area contributed by atoms with Gasteiger partial charge < -0.3 is 9.47 Å². The molecule has 0 radical (unpaired) electrons. The van der Waals surface area contributed by atoms with Crippen LogP contribution in [0.1, 0.15) is 31.0 Å². The van der Waals surface area contributed by atoms with Crippen LogP contribution in [0.2, 0.25) is 0 Å². The first kappa shape index (κ1) is 16.8. The molecule has 4 nitrogen and oxygen atoms in total. The van der Waals surface area contributed by atoms with Crippen LogP contribution in [0.4, 0.5) is 0 Å². The quantitative estimate of drug-likeness (QED) is 0.840. The van der Waals surface area contributed by atoms with E-state index in [0.717, 1.165) is 36.8 Å². The van der Waals surface area contributed by atoms with Gasteiger partial charge in [0, 0.05) is 30.8 Å². The Morgan fingerprint density at radius 3 is 2.62 bits per heavy atom. The van der Waals surface area contributed by atoms with E-state index in [0.29, 0.717) is 0 Å². The summed E-state index contributed by atoms with van der Waals surface area (Å²) in [5.74, 6) is 1.48. The zero-order chi connectivity index (χ0) is 17.0. The smallest absolute Gasteiger partial charge is 0.183 e. The fourth-order valence-corrected chi connectivity index (χ4v) is 3.73. The second kappa shape index (κ2) is 7.22. The fourth-order valence-electron chi connectivity index (χ4n) is 3.73. The van der Waals surface area contributed by atoms with Crippen molar-refractivity contribution in [3.63, 3.8) is 0 Å². The molecule has 1 aliphatic rings. The van der Waals surface area contributed by atoms with Crippen LogP contribution in [-0.4, -0.2) is 37.2 Å². The molecule has 2 aromatic rings. The summed E-state index contributed by atoms with van der Waals surface area (Å²) in [5, 5.41) is 0. The van der Waals surface area contributed by atoms with Gasteiger partial charge in [-0.3, -0.25) is 9.88 Å². The van der Waals surface area contributed by atoms with Gasteiger partial charge in [-0.1, -0.05) is 37.3 Å². The van der Waals surface area contributed by atoms with E-state index >= 15 is 0 Å². The summed E-state index contributed by atoms with van der Waals surface area (Å²) in [6.45, 7) is 5.26. The number of aromatic nitrogens is 1. The number of benzene rings is 1. The van der Waals surface area contributed by atoms with Crippen molar-refractivity contribution in [1.82, 2.24) is 9.88 Å². The highest BCUT2D eigenvalue weighted by atomic mass is 16.5. The van der Waals surface area contributed by atoms with Crippen molar-refractivity contribution in [2.24, 2.45) is 0 Å². The highest BCUT2D eigenvalue weighted by Crippen LogP contribution is 2.35. The lowest BCUT2D eigenvalue weighted by atomic mass is 9.76. The predicted molar refractivity (Wildman–Crippen MR) is 95.6 cm³/mol. The summed E-state index contributed by atoms with van der Waals surface area (Å²) in [4.78, 5) is 7.00. The number of piperidine rings is 1. The highest BCUT2D eigenvalue weighted by Gasteiger charge is 2.33. The van der Waals surface area contributed by atoms with Crippen LogP contribution in [0.25, 0.3) is 0 Å². The molecule has 0 aliphatic carbocycles. The molecule has 1 aliphatic heterocycles. The van der Waals surface area contributed by atoms with Gasteiger partial charge in [-0.15, -0.1) is 0 Å². The van der Waals surface area contributed by atoms with Crippen LogP contribution >= 0.6 is 0 Å². The fraction of sp³-hybridized carbons (Fsp3) is 0.450. The van der Waals surface area contributed by atoms with Crippen LogP contribution in [0, 0.1) is 0 Å². The third-order valence-electron chi connectivity index (χ3n) is 4.99. The highest BCUT2D eigenvalue weighted by molar-refractivity contribution is 5.42. The van der Waals surface area contributed by atoms with Crippen molar-refractivity contribution in [3.05, 3.63) is 53.9 Å². The molecule has 2 heterocycles. The molecule has 0 N–H and O–H groups in total. The monoisotopic (exact) mass is 326 g/mol. The van der Waals surface area contributed by atoms with E-state index in [9.17, 15) is 0 Å². The van der Waals surface area contributed by atoms with Crippen molar-refractivity contribution < 1.29 is 9.47 Å². The Labute approximate surface area is 144 Å². The van der Waals surface area contributed by atoms with Gasteiger partial charge in [0.2, 0.25) is 0 Å². The standard InChI is InChI=1S/C20H26N2O2/c1-20(16-8-5-4-6-9-16)11-7-13-22(15-20)14-17-19(24-3)18(23-2)10-12-21-17/h4-6,8-10,12H,7,11,13-15H2,1-3H3. The normalized spacial score (nSPS) is 21.5. The van der Waals surface area contributed by atoms with Crippen molar-refractivity contribution in [2.45, 2.75) is 31.7 Å². The molecule has 3 rings (SSSR count). The third-order valence-corrected chi connectivity index (χ3v) is 4.99. The Morgan fingerprint density at radius 2 is 1.92 bits per heavy atom. The largest absolute Gasteiger partial charge is 0.493 e. The van der Waals surface area contributed by atoms with Gasteiger partial charge in [-0.2, -0.15) is 0 Å².